The fraction of sp³-hybridized carbons (Fsp3) is 0.455. The average Bonchev–Trinajstić information content (AvgIpc) is 2.18. The van der Waals surface area contributed by atoms with E-state index >= 15 is 0 Å². The zero-order valence-electron chi connectivity index (χ0n) is 8.83. The fourth-order valence-electron chi connectivity index (χ4n) is 1.34. The smallest absolute Gasteiger partial charge is 0.204 e. The van der Waals surface area contributed by atoms with Crippen LogP contribution in [0, 0.1) is 11.6 Å². The summed E-state index contributed by atoms with van der Waals surface area (Å²) in [5, 5.41) is 0. The molecule has 0 fully saturated rings. The Labute approximate surface area is 90.1 Å². The number of hydrogen-bond donors (Lipinski definition) is 0. The van der Waals surface area contributed by atoms with E-state index in [9.17, 15) is 22.0 Å². The molecule has 1 aromatic carbocycles. The van der Waals surface area contributed by atoms with Gasteiger partial charge in [0.15, 0.2) is 11.6 Å². The third-order valence-electron chi connectivity index (χ3n) is 2.54. The van der Waals surface area contributed by atoms with Gasteiger partial charge in [-0.1, -0.05) is 13.8 Å². The van der Waals surface area contributed by atoms with Gasteiger partial charge in [0.2, 0.25) is 0 Å². The molecule has 5 heteroatoms. The highest BCUT2D eigenvalue weighted by Crippen LogP contribution is 2.34. The molecule has 0 aliphatic rings. The summed E-state index contributed by atoms with van der Waals surface area (Å²) in [7, 11) is 0. The van der Waals surface area contributed by atoms with Crippen molar-refractivity contribution in [1.82, 2.24) is 0 Å². The van der Waals surface area contributed by atoms with Crippen molar-refractivity contribution in [3.05, 3.63) is 34.9 Å². The second-order valence-electron chi connectivity index (χ2n) is 3.67. The predicted molar refractivity (Wildman–Crippen MR) is 50.1 cm³/mol. The lowest BCUT2D eigenvalue weighted by Gasteiger charge is -2.14. The van der Waals surface area contributed by atoms with E-state index in [0.717, 1.165) is 6.07 Å². The predicted octanol–water partition coefficient (Wildman–Crippen LogP) is 4.50. The molecule has 0 amide bonds. The number of rotatable bonds is 2. The maximum Gasteiger partial charge on any atom is 0.419 e. The average molecular weight is 238 g/mol. The summed E-state index contributed by atoms with van der Waals surface area (Å²) in [6.07, 6.45) is -4.31. The van der Waals surface area contributed by atoms with Crippen molar-refractivity contribution in [2.75, 3.05) is 0 Å². The van der Waals surface area contributed by atoms with Crippen LogP contribution in [0.2, 0.25) is 0 Å². The van der Waals surface area contributed by atoms with E-state index in [4.69, 9.17) is 0 Å². The van der Waals surface area contributed by atoms with Crippen LogP contribution in [0.25, 0.3) is 0 Å². The van der Waals surface area contributed by atoms with Gasteiger partial charge in [0, 0.05) is 0 Å². The topological polar surface area (TPSA) is 0 Å². The van der Waals surface area contributed by atoms with E-state index < -0.39 is 23.4 Å². The lowest BCUT2D eigenvalue weighted by atomic mass is 9.96. The molecule has 16 heavy (non-hydrogen) atoms. The third kappa shape index (κ3) is 2.51. The van der Waals surface area contributed by atoms with Crippen LogP contribution in [0.1, 0.15) is 37.3 Å². The molecule has 0 bridgehead atoms. The molecule has 90 valence electrons. The van der Waals surface area contributed by atoms with Crippen molar-refractivity contribution in [3.63, 3.8) is 0 Å². The molecule has 0 heterocycles. The number of halogens is 5. The fourth-order valence-corrected chi connectivity index (χ4v) is 1.34. The van der Waals surface area contributed by atoms with Gasteiger partial charge in [-0.25, -0.2) is 8.78 Å². The summed E-state index contributed by atoms with van der Waals surface area (Å²) in [4.78, 5) is 0. The Kier molecular flexibility index (Phi) is 3.55. The van der Waals surface area contributed by atoms with E-state index in [2.05, 4.69) is 0 Å². The Balaban J connectivity index is 3.33. The monoisotopic (exact) mass is 238 g/mol. The molecule has 0 saturated carbocycles. The largest absolute Gasteiger partial charge is 0.419 e. The Hall–Kier alpha value is -1.13. The van der Waals surface area contributed by atoms with Crippen LogP contribution in [-0.2, 0) is 6.18 Å². The Morgan fingerprint density at radius 3 is 2.19 bits per heavy atom. The SMILES string of the molecule is CCC(C)c1cc(F)c(F)c(C(F)(F)F)c1. The van der Waals surface area contributed by atoms with Gasteiger partial charge >= 0.3 is 6.18 Å². The van der Waals surface area contributed by atoms with Gasteiger partial charge in [0.05, 0.1) is 5.56 Å². The lowest BCUT2D eigenvalue weighted by molar-refractivity contribution is -0.140. The zero-order chi connectivity index (χ0) is 12.5. The highest BCUT2D eigenvalue weighted by Gasteiger charge is 2.36. The standard InChI is InChI=1S/C11H11F5/c1-3-6(2)7-4-8(11(14,15)16)10(13)9(12)5-7/h4-6H,3H2,1-2H3. The van der Waals surface area contributed by atoms with Crippen LogP contribution in [0.4, 0.5) is 22.0 Å². The molecule has 0 aliphatic carbocycles. The minimum absolute atomic E-state index is 0.161. The Morgan fingerprint density at radius 2 is 1.75 bits per heavy atom. The minimum Gasteiger partial charge on any atom is -0.204 e. The molecule has 1 aromatic rings. The first-order valence-electron chi connectivity index (χ1n) is 4.83. The third-order valence-corrected chi connectivity index (χ3v) is 2.54. The molecular weight excluding hydrogens is 227 g/mol. The highest BCUT2D eigenvalue weighted by molar-refractivity contribution is 5.30. The maximum atomic E-state index is 13.0. The van der Waals surface area contributed by atoms with Gasteiger partial charge in [-0.15, -0.1) is 0 Å². The highest BCUT2D eigenvalue weighted by atomic mass is 19.4. The van der Waals surface area contributed by atoms with Crippen molar-refractivity contribution in [2.24, 2.45) is 0 Å². The van der Waals surface area contributed by atoms with Crippen LogP contribution in [0.3, 0.4) is 0 Å². The molecule has 1 rings (SSSR count). The first kappa shape index (κ1) is 12.9. The molecule has 0 aromatic heterocycles. The lowest BCUT2D eigenvalue weighted by Crippen LogP contribution is -2.11. The van der Waals surface area contributed by atoms with Gasteiger partial charge in [-0.05, 0) is 30.0 Å². The quantitative estimate of drug-likeness (QED) is 0.665. The van der Waals surface area contributed by atoms with E-state index in [-0.39, 0.29) is 11.5 Å². The van der Waals surface area contributed by atoms with Crippen LogP contribution in [-0.4, -0.2) is 0 Å². The molecule has 0 nitrogen and oxygen atoms in total. The summed E-state index contributed by atoms with van der Waals surface area (Å²) in [6, 6.07) is 1.49. The second-order valence-corrected chi connectivity index (χ2v) is 3.67. The minimum atomic E-state index is -4.87. The first-order chi connectivity index (χ1) is 7.27. The summed E-state index contributed by atoms with van der Waals surface area (Å²) in [5.41, 5.74) is -1.38. The molecular formula is C11H11F5. The molecule has 1 unspecified atom stereocenters. The second kappa shape index (κ2) is 4.39. The molecule has 0 radical (unpaired) electrons. The van der Waals surface area contributed by atoms with Gasteiger partial charge in [-0.2, -0.15) is 13.2 Å². The van der Waals surface area contributed by atoms with Crippen molar-refractivity contribution < 1.29 is 22.0 Å². The van der Waals surface area contributed by atoms with Crippen LogP contribution >= 0.6 is 0 Å². The molecule has 0 aliphatic heterocycles. The molecule has 0 saturated heterocycles. The van der Waals surface area contributed by atoms with Gasteiger partial charge in [-0.3, -0.25) is 0 Å². The maximum absolute atomic E-state index is 13.0. The number of alkyl halides is 3. The van der Waals surface area contributed by atoms with E-state index in [0.29, 0.717) is 12.5 Å². The Bertz CT molecular complexity index is 381. The van der Waals surface area contributed by atoms with Crippen LogP contribution in [0.5, 0.6) is 0 Å². The summed E-state index contributed by atoms with van der Waals surface area (Å²) in [5.74, 6) is -3.53. The zero-order valence-corrected chi connectivity index (χ0v) is 8.83. The summed E-state index contributed by atoms with van der Waals surface area (Å²) in [6.45, 7) is 3.42. The molecule has 0 spiro atoms. The van der Waals surface area contributed by atoms with E-state index in [1.807, 2.05) is 0 Å². The molecule has 0 N–H and O–H groups in total. The van der Waals surface area contributed by atoms with E-state index in [1.165, 1.54) is 0 Å². The van der Waals surface area contributed by atoms with Crippen molar-refractivity contribution in [3.8, 4) is 0 Å². The summed E-state index contributed by atoms with van der Waals surface area (Å²) < 4.78 is 63.0. The van der Waals surface area contributed by atoms with Gasteiger partial charge in [0.1, 0.15) is 0 Å². The number of hydrogen-bond acceptors (Lipinski definition) is 0. The van der Waals surface area contributed by atoms with E-state index in [1.54, 1.807) is 13.8 Å². The summed E-state index contributed by atoms with van der Waals surface area (Å²) >= 11 is 0. The van der Waals surface area contributed by atoms with Crippen molar-refractivity contribution in [1.29, 1.82) is 0 Å². The van der Waals surface area contributed by atoms with Crippen LogP contribution < -0.4 is 0 Å². The van der Waals surface area contributed by atoms with Crippen molar-refractivity contribution in [2.45, 2.75) is 32.4 Å². The van der Waals surface area contributed by atoms with Crippen molar-refractivity contribution >= 4 is 0 Å². The normalized spacial score (nSPS) is 13.9. The van der Waals surface area contributed by atoms with Crippen LogP contribution in [0.15, 0.2) is 12.1 Å². The number of benzene rings is 1. The van der Waals surface area contributed by atoms with Gasteiger partial charge in [0.25, 0.3) is 0 Å². The molecule has 1 atom stereocenters. The van der Waals surface area contributed by atoms with Gasteiger partial charge < -0.3 is 0 Å². The first-order valence-corrected chi connectivity index (χ1v) is 4.83. The Morgan fingerprint density at radius 1 is 1.19 bits per heavy atom.